The molecule has 0 atom stereocenters. The van der Waals surface area contributed by atoms with E-state index in [1.165, 1.54) is 74.2 Å². The van der Waals surface area contributed by atoms with Gasteiger partial charge in [-0.05, 0) is 79.7 Å². The van der Waals surface area contributed by atoms with E-state index >= 15 is 0 Å². The van der Waals surface area contributed by atoms with Gasteiger partial charge in [0, 0.05) is 55.0 Å². The number of anilines is 3. The fraction of sp³-hybridized carbons (Fsp3) is 0.0566. The second-order valence-electron chi connectivity index (χ2n) is 16.2. The van der Waals surface area contributed by atoms with Gasteiger partial charge in [-0.2, -0.15) is 0 Å². The van der Waals surface area contributed by atoms with Crippen LogP contribution in [-0.2, 0) is 5.41 Å². The van der Waals surface area contributed by atoms with Gasteiger partial charge in [0.25, 0.3) is 0 Å². The van der Waals surface area contributed by atoms with Gasteiger partial charge in [0.05, 0.1) is 16.9 Å². The molecule has 280 valence electrons. The van der Waals surface area contributed by atoms with E-state index in [9.17, 15) is 0 Å². The standard InChI is InChI=1S/C53H38N4SSi/c1-53(2)43-27-25-38(34-46(43)57(49-23-13-14-30-54-49)45-28-29-48-50(51(45)53)41-20-10-12-22-47(41)58-48)59(35-15-5-3-6-16-35,36-17-7-4-8-18-36)37-24-26-39-40-19-9-11-21-44(40)56-32-31-55-52(56)42(39)33-37/h3-34H,1-2H3. The third kappa shape index (κ3) is 4.81. The molecule has 6 heteroatoms. The van der Waals surface area contributed by atoms with E-state index in [0.29, 0.717) is 0 Å². The number of pyridine rings is 2. The summed E-state index contributed by atoms with van der Waals surface area (Å²) in [5, 5.41) is 11.5. The monoisotopic (exact) mass is 790 g/mol. The average Bonchev–Trinajstić information content (AvgIpc) is 3.94. The number of imidazole rings is 1. The molecule has 0 aliphatic carbocycles. The number of para-hydroxylation sites is 1. The maximum Gasteiger partial charge on any atom is 0.179 e. The molecule has 0 amide bonds. The number of nitrogens with zero attached hydrogens (tertiary/aromatic N) is 4. The summed E-state index contributed by atoms with van der Waals surface area (Å²) in [7, 11) is -3.03. The molecule has 12 rings (SSSR count). The first kappa shape index (κ1) is 34.2. The van der Waals surface area contributed by atoms with Crippen molar-refractivity contribution >= 4 is 105 Å². The molecule has 5 heterocycles. The van der Waals surface area contributed by atoms with Crippen molar-refractivity contribution in [1.29, 1.82) is 0 Å². The van der Waals surface area contributed by atoms with Crippen LogP contribution in [0.15, 0.2) is 195 Å². The van der Waals surface area contributed by atoms with Gasteiger partial charge in [-0.15, -0.1) is 11.3 Å². The lowest BCUT2D eigenvalue weighted by Crippen LogP contribution is -2.74. The maximum absolute atomic E-state index is 5.06. The number of benzene rings is 7. The summed E-state index contributed by atoms with van der Waals surface area (Å²) in [4.78, 5) is 12.5. The molecule has 11 aromatic rings. The first-order valence-electron chi connectivity index (χ1n) is 20.2. The third-order valence-corrected chi connectivity index (χ3v) is 18.7. The molecule has 4 aromatic heterocycles. The Labute approximate surface area is 347 Å². The summed E-state index contributed by atoms with van der Waals surface area (Å²) in [6.07, 6.45) is 5.93. The predicted octanol–water partition coefficient (Wildman–Crippen LogP) is 10.9. The molecule has 0 fully saturated rings. The lowest BCUT2D eigenvalue weighted by molar-refractivity contribution is 0.638. The molecular weight excluding hydrogens is 753 g/mol. The van der Waals surface area contributed by atoms with Crippen molar-refractivity contribution in [2.45, 2.75) is 19.3 Å². The van der Waals surface area contributed by atoms with Crippen molar-refractivity contribution in [2.75, 3.05) is 4.90 Å². The van der Waals surface area contributed by atoms with Crippen LogP contribution in [0.5, 0.6) is 0 Å². The van der Waals surface area contributed by atoms with E-state index in [1.807, 2.05) is 29.8 Å². The fourth-order valence-electron chi connectivity index (χ4n) is 10.3. The van der Waals surface area contributed by atoms with E-state index in [4.69, 9.17) is 9.97 Å². The van der Waals surface area contributed by atoms with Crippen molar-refractivity contribution in [1.82, 2.24) is 14.4 Å². The molecule has 1 aliphatic rings. The topological polar surface area (TPSA) is 33.4 Å². The minimum Gasteiger partial charge on any atom is -0.299 e. The number of thiophene rings is 1. The summed E-state index contributed by atoms with van der Waals surface area (Å²) in [5.41, 5.74) is 6.81. The van der Waals surface area contributed by atoms with Crippen molar-refractivity contribution < 1.29 is 0 Å². The third-order valence-electron chi connectivity index (χ3n) is 12.8. The molecule has 1 aliphatic heterocycles. The number of aromatic nitrogens is 3. The van der Waals surface area contributed by atoms with Crippen LogP contribution in [0.3, 0.4) is 0 Å². The van der Waals surface area contributed by atoms with Gasteiger partial charge < -0.3 is 0 Å². The van der Waals surface area contributed by atoms with Gasteiger partial charge >= 0.3 is 0 Å². The summed E-state index contributed by atoms with van der Waals surface area (Å²) in [5.74, 6) is 0.910. The predicted molar refractivity (Wildman–Crippen MR) is 251 cm³/mol. The average molecular weight is 791 g/mol. The van der Waals surface area contributed by atoms with Gasteiger partial charge in [-0.3, -0.25) is 9.30 Å². The van der Waals surface area contributed by atoms with Crippen LogP contribution in [0.25, 0.3) is 47.5 Å². The molecule has 59 heavy (non-hydrogen) atoms. The Balaban J connectivity index is 1.19. The summed E-state index contributed by atoms with van der Waals surface area (Å²) in [6, 6.07) is 65.6. The smallest absolute Gasteiger partial charge is 0.179 e. The van der Waals surface area contributed by atoms with Crippen LogP contribution in [0, 0.1) is 0 Å². The molecule has 0 spiro atoms. The van der Waals surface area contributed by atoms with Gasteiger partial charge in [0.15, 0.2) is 8.07 Å². The second-order valence-corrected chi connectivity index (χ2v) is 21.1. The van der Waals surface area contributed by atoms with Crippen molar-refractivity contribution in [2.24, 2.45) is 0 Å². The zero-order valence-electron chi connectivity index (χ0n) is 32.7. The highest BCUT2D eigenvalue weighted by Gasteiger charge is 2.45. The van der Waals surface area contributed by atoms with Crippen molar-refractivity contribution in [3.05, 3.63) is 206 Å². The maximum atomic E-state index is 5.06. The van der Waals surface area contributed by atoms with Crippen LogP contribution in [0.2, 0.25) is 0 Å². The molecule has 0 saturated carbocycles. The lowest BCUT2D eigenvalue weighted by atomic mass is 9.72. The molecule has 0 bridgehead atoms. The van der Waals surface area contributed by atoms with Gasteiger partial charge in [-0.25, -0.2) is 9.97 Å². The molecule has 7 aromatic carbocycles. The van der Waals surface area contributed by atoms with E-state index < -0.39 is 8.07 Å². The Hall–Kier alpha value is -6.86. The quantitative estimate of drug-likeness (QED) is 0.0989. The summed E-state index contributed by atoms with van der Waals surface area (Å²) < 4.78 is 4.87. The van der Waals surface area contributed by atoms with Crippen molar-refractivity contribution in [3.8, 4) is 0 Å². The first-order chi connectivity index (χ1) is 29.0. The molecule has 0 N–H and O–H groups in total. The Bertz CT molecular complexity index is 3390. The Morgan fingerprint density at radius 1 is 0.508 bits per heavy atom. The summed E-state index contributed by atoms with van der Waals surface area (Å²) >= 11 is 1.88. The van der Waals surface area contributed by atoms with Gasteiger partial charge in [0.1, 0.15) is 11.5 Å². The van der Waals surface area contributed by atoms with Crippen LogP contribution in [-0.4, -0.2) is 22.4 Å². The highest BCUT2D eigenvalue weighted by atomic mass is 32.1. The molecular formula is C53H38N4SSi. The van der Waals surface area contributed by atoms with Gasteiger partial charge in [0.2, 0.25) is 0 Å². The highest BCUT2D eigenvalue weighted by molar-refractivity contribution is 7.25. The molecule has 0 unspecified atom stereocenters. The number of fused-ring (bicyclic) bond motifs is 12. The lowest BCUT2D eigenvalue weighted by Gasteiger charge is -2.43. The van der Waals surface area contributed by atoms with Crippen LogP contribution < -0.4 is 25.6 Å². The minimum absolute atomic E-state index is 0.308. The SMILES string of the molecule is CC1(C)c2ccc([Si](c3ccccc3)(c3ccccc3)c3ccc4c5ccccc5n5ccnc5c4c3)cc2N(c2ccccn2)c2ccc3sc4ccccc4c3c21. The normalized spacial score (nSPS) is 13.7. The van der Waals surface area contributed by atoms with Crippen LogP contribution in [0.1, 0.15) is 25.0 Å². The fourth-order valence-corrected chi connectivity index (χ4v) is 16.2. The highest BCUT2D eigenvalue weighted by Crippen LogP contribution is 2.55. The van der Waals surface area contributed by atoms with Crippen molar-refractivity contribution in [3.63, 3.8) is 0 Å². The Kier molecular flexibility index (Phi) is 7.43. The number of rotatable bonds is 5. The first-order valence-corrected chi connectivity index (χ1v) is 23.0. The summed E-state index contributed by atoms with van der Waals surface area (Å²) in [6.45, 7) is 4.82. The molecule has 4 nitrogen and oxygen atoms in total. The van der Waals surface area contributed by atoms with Gasteiger partial charge in [-0.1, -0.05) is 147 Å². The van der Waals surface area contributed by atoms with Crippen LogP contribution in [0.4, 0.5) is 17.2 Å². The molecule has 0 radical (unpaired) electrons. The van der Waals surface area contributed by atoms with E-state index in [-0.39, 0.29) is 5.41 Å². The Morgan fingerprint density at radius 3 is 1.98 bits per heavy atom. The zero-order chi connectivity index (χ0) is 39.3. The van der Waals surface area contributed by atoms with E-state index in [2.05, 4.69) is 199 Å². The zero-order valence-corrected chi connectivity index (χ0v) is 34.5. The molecule has 0 saturated heterocycles. The van der Waals surface area contributed by atoms with E-state index in [1.54, 1.807) is 0 Å². The number of hydrogen-bond donors (Lipinski definition) is 0. The van der Waals surface area contributed by atoms with Crippen LogP contribution >= 0.6 is 11.3 Å². The number of hydrogen-bond acceptors (Lipinski definition) is 4. The second kappa shape index (κ2) is 12.8. The minimum atomic E-state index is -3.03. The largest absolute Gasteiger partial charge is 0.299 e. The van der Waals surface area contributed by atoms with E-state index in [0.717, 1.165) is 22.4 Å². The Morgan fingerprint density at radius 2 is 1.20 bits per heavy atom.